The fourth-order valence-electron chi connectivity index (χ4n) is 3.60. The number of rotatable bonds is 4. The van der Waals surface area contributed by atoms with Crippen molar-refractivity contribution in [3.05, 3.63) is 59.7 Å². The summed E-state index contributed by atoms with van der Waals surface area (Å²) in [6.07, 6.45) is 7.11. The third-order valence-corrected chi connectivity index (χ3v) is 6.12. The van der Waals surface area contributed by atoms with Crippen molar-refractivity contribution in [1.82, 2.24) is 9.55 Å². The van der Waals surface area contributed by atoms with Crippen molar-refractivity contribution < 1.29 is 4.74 Å². The number of aromatic nitrogens is 2. The fourth-order valence-corrected chi connectivity index (χ4v) is 4.69. The topological polar surface area (TPSA) is 27.1 Å². The average molecular weight is 338 g/mol. The van der Waals surface area contributed by atoms with E-state index >= 15 is 0 Å². The molecule has 0 saturated carbocycles. The third kappa shape index (κ3) is 2.69. The molecule has 3 nitrogen and oxygen atoms in total. The van der Waals surface area contributed by atoms with Crippen LogP contribution in [0, 0.1) is 0 Å². The first-order valence-corrected chi connectivity index (χ1v) is 9.41. The van der Waals surface area contributed by atoms with Crippen molar-refractivity contribution in [2.75, 3.05) is 5.75 Å². The Bertz CT molecular complexity index is 834. The molecule has 0 bridgehead atoms. The van der Waals surface area contributed by atoms with Gasteiger partial charge in [0.1, 0.15) is 17.7 Å². The van der Waals surface area contributed by atoms with Gasteiger partial charge in [-0.3, -0.25) is 0 Å². The van der Waals surface area contributed by atoms with Crippen molar-refractivity contribution in [1.29, 1.82) is 0 Å². The molecule has 1 aliphatic heterocycles. The summed E-state index contributed by atoms with van der Waals surface area (Å²) in [4.78, 5) is 5.81. The van der Waals surface area contributed by atoms with Crippen LogP contribution in [-0.4, -0.2) is 21.4 Å². The van der Waals surface area contributed by atoms with E-state index in [4.69, 9.17) is 4.74 Å². The van der Waals surface area contributed by atoms with E-state index < -0.39 is 0 Å². The largest absolute Gasteiger partial charge is 0.486 e. The molecule has 1 aliphatic carbocycles. The smallest absolute Gasteiger partial charge is 0.139 e. The first-order valence-electron chi connectivity index (χ1n) is 8.42. The Labute approximate surface area is 147 Å². The van der Waals surface area contributed by atoms with Gasteiger partial charge in [-0.25, -0.2) is 4.98 Å². The molecule has 2 aliphatic rings. The molecular weight excluding hydrogens is 316 g/mol. The number of fused-ring (bicyclic) bond motifs is 1. The Morgan fingerprint density at radius 1 is 1.38 bits per heavy atom. The van der Waals surface area contributed by atoms with Gasteiger partial charge in [0.15, 0.2) is 0 Å². The number of nitrogens with zero attached hydrogens (tertiary/aromatic N) is 2. The van der Waals surface area contributed by atoms with E-state index in [1.165, 1.54) is 33.8 Å². The quantitative estimate of drug-likeness (QED) is 0.812. The van der Waals surface area contributed by atoms with Crippen LogP contribution in [0.5, 0.6) is 5.75 Å². The minimum atomic E-state index is 0.140. The molecule has 4 heteroatoms. The van der Waals surface area contributed by atoms with Gasteiger partial charge in [-0.2, -0.15) is 0 Å². The Hall–Kier alpha value is -1.94. The maximum Gasteiger partial charge on any atom is 0.139 e. The van der Waals surface area contributed by atoms with Gasteiger partial charge in [-0.15, -0.1) is 11.8 Å². The molecule has 124 valence electrons. The van der Waals surface area contributed by atoms with Crippen molar-refractivity contribution in [2.24, 2.45) is 7.05 Å². The number of ether oxygens (including phenoxy) is 1. The van der Waals surface area contributed by atoms with Gasteiger partial charge >= 0.3 is 0 Å². The molecule has 0 spiro atoms. The predicted octanol–water partition coefficient (Wildman–Crippen LogP) is 4.64. The number of aryl methyl sites for hydroxylation is 2. The summed E-state index contributed by atoms with van der Waals surface area (Å²) in [6, 6.07) is 6.53. The molecule has 1 atom stereocenters. The number of imidazole rings is 1. The summed E-state index contributed by atoms with van der Waals surface area (Å²) in [6.45, 7) is 6.45. The number of hydrogen-bond acceptors (Lipinski definition) is 3. The van der Waals surface area contributed by atoms with Crippen LogP contribution in [0.4, 0.5) is 0 Å². The third-order valence-electron chi connectivity index (χ3n) is 5.02. The summed E-state index contributed by atoms with van der Waals surface area (Å²) in [5.74, 6) is 3.12. The summed E-state index contributed by atoms with van der Waals surface area (Å²) in [7, 11) is 2.01. The molecule has 0 saturated heterocycles. The van der Waals surface area contributed by atoms with Crippen LogP contribution in [0.3, 0.4) is 0 Å². The molecule has 2 aromatic rings. The average Bonchev–Trinajstić information content (AvgIpc) is 3.28. The number of allylic oxidation sites excluding steroid dienone is 2. The molecule has 2 heterocycles. The van der Waals surface area contributed by atoms with Crippen molar-refractivity contribution in [3.8, 4) is 5.75 Å². The summed E-state index contributed by atoms with van der Waals surface area (Å²) in [5.41, 5.74) is 5.06. The summed E-state index contributed by atoms with van der Waals surface area (Å²) >= 11 is 1.93. The van der Waals surface area contributed by atoms with Gasteiger partial charge in [-0.05, 0) is 55.0 Å². The minimum Gasteiger partial charge on any atom is -0.486 e. The van der Waals surface area contributed by atoms with E-state index in [-0.39, 0.29) is 6.10 Å². The van der Waals surface area contributed by atoms with E-state index in [0.717, 1.165) is 30.0 Å². The Morgan fingerprint density at radius 3 is 3.04 bits per heavy atom. The number of thioether (sulfide) groups is 1. The molecule has 1 unspecified atom stereocenters. The molecule has 0 amide bonds. The zero-order valence-electron chi connectivity index (χ0n) is 14.2. The van der Waals surface area contributed by atoms with Gasteiger partial charge < -0.3 is 9.30 Å². The van der Waals surface area contributed by atoms with Crippen molar-refractivity contribution in [2.45, 2.75) is 37.2 Å². The first-order chi connectivity index (χ1) is 11.6. The monoisotopic (exact) mass is 338 g/mol. The van der Waals surface area contributed by atoms with Crippen molar-refractivity contribution in [3.63, 3.8) is 0 Å². The SMILES string of the molecule is C=C(C1=C(C)C(Oc2ccc3c(c2)SCC3)CC1)c1nccn1C. The normalized spacial score (nSPS) is 19.7. The molecular formula is C20H22N2OS. The minimum absolute atomic E-state index is 0.140. The Balaban J connectivity index is 1.54. The highest BCUT2D eigenvalue weighted by Crippen LogP contribution is 2.38. The van der Waals surface area contributed by atoms with E-state index in [0.29, 0.717) is 0 Å². The highest BCUT2D eigenvalue weighted by atomic mass is 32.2. The predicted molar refractivity (Wildman–Crippen MR) is 99.5 cm³/mol. The summed E-state index contributed by atoms with van der Waals surface area (Å²) in [5, 5.41) is 0. The standard InChI is InChI=1S/C20H22N2OS/c1-13-17(14(2)20-21-9-10-22(20)3)6-7-18(13)23-16-5-4-15-8-11-24-19(15)12-16/h4-5,9-10,12,18H,2,6-8,11H2,1,3H3. The van der Waals surface area contributed by atoms with Gasteiger partial charge in [0.05, 0.1) is 0 Å². The van der Waals surface area contributed by atoms with Crippen LogP contribution in [0.15, 0.2) is 53.2 Å². The van der Waals surface area contributed by atoms with Crippen LogP contribution in [-0.2, 0) is 13.5 Å². The highest BCUT2D eigenvalue weighted by Gasteiger charge is 2.27. The second-order valence-corrected chi connectivity index (χ2v) is 7.65. The van der Waals surface area contributed by atoms with Gasteiger partial charge in [0, 0.05) is 35.7 Å². The first kappa shape index (κ1) is 15.6. The highest BCUT2D eigenvalue weighted by molar-refractivity contribution is 7.99. The Morgan fingerprint density at radius 2 is 2.25 bits per heavy atom. The molecule has 0 N–H and O–H groups in total. The van der Waals surface area contributed by atoms with Crippen molar-refractivity contribution >= 4 is 17.3 Å². The molecule has 0 fully saturated rings. The van der Waals surface area contributed by atoms with Crippen LogP contribution >= 0.6 is 11.8 Å². The molecule has 24 heavy (non-hydrogen) atoms. The zero-order chi connectivity index (χ0) is 16.7. The second kappa shape index (κ2) is 6.17. The zero-order valence-corrected chi connectivity index (χ0v) is 15.0. The molecule has 1 aromatic heterocycles. The summed E-state index contributed by atoms with van der Waals surface area (Å²) < 4.78 is 8.32. The Kier molecular flexibility index (Phi) is 4.01. The van der Waals surface area contributed by atoms with E-state index in [1.807, 2.05) is 35.8 Å². The maximum atomic E-state index is 6.30. The lowest BCUT2D eigenvalue weighted by atomic mass is 10.0. The lowest BCUT2D eigenvalue weighted by molar-refractivity contribution is 0.237. The lowest BCUT2D eigenvalue weighted by Gasteiger charge is -2.16. The van der Waals surface area contributed by atoms with Gasteiger partial charge in [0.2, 0.25) is 0 Å². The van der Waals surface area contributed by atoms with E-state index in [9.17, 15) is 0 Å². The molecule has 1 aromatic carbocycles. The molecule has 0 radical (unpaired) electrons. The van der Waals surface area contributed by atoms with E-state index in [2.05, 4.69) is 36.7 Å². The lowest BCUT2D eigenvalue weighted by Crippen LogP contribution is -2.14. The van der Waals surface area contributed by atoms with Crippen LogP contribution in [0.25, 0.3) is 5.57 Å². The van der Waals surface area contributed by atoms with Crippen LogP contribution < -0.4 is 4.74 Å². The second-order valence-electron chi connectivity index (χ2n) is 6.52. The maximum absolute atomic E-state index is 6.30. The van der Waals surface area contributed by atoms with Gasteiger partial charge in [-0.1, -0.05) is 12.6 Å². The van der Waals surface area contributed by atoms with Crippen LogP contribution in [0.2, 0.25) is 0 Å². The fraction of sp³-hybridized carbons (Fsp3) is 0.350. The molecule has 4 rings (SSSR count). The van der Waals surface area contributed by atoms with Gasteiger partial charge in [0.25, 0.3) is 0 Å². The number of hydrogen-bond donors (Lipinski definition) is 0. The number of benzene rings is 1. The van der Waals surface area contributed by atoms with E-state index in [1.54, 1.807) is 0 Å². The van der Waals surface area contributed by atoms with Crippen LogP contribution in [0.1, 0.15) is 31.2 Å².